The first kappa shape index (κ1) is 17.4. The van der Waals surface area contributed by atoms with Crippen LogP contribution in [0.4, 0.5) is 4.39 Å². The summed E-state index contributed by atoms with van der Waals surface area (Å²) in [6.07, 6.45) is 1.70. The average Bonchev–Trinajstić information content (AvgIpc) is 2.44. The largest absolute Gasteiger partial charge is 0.314 e. The van der Waals surface area contributed by atoms with E-state index >= 15 is 0 Å². The lowest BCUT2D eigenvalue weighted by Gasteiger charge is -2.23. The molecule has 0 aromatic heterocycles. The van der Waals surface area contributed by atoms with Crippen LogP contribution >= 0.6 is 11.6 Å². The molecule has 0 amide bonds. The zero-order valence-electron chi connectivity index (χ0n) is 12.8. The van der Waals surface area contributed by atoms with Crippen LogP contribution in [0.15, 0.2) is 18.2 Å². The van der Waals surface area contributed by atoms with Crippen LogP contribution in [0.2, 0.25) is 5.02 Å². The average molecular weight is 301 g/mol. The van der Waals surface area contributed by atoms with Gasteiger partial charge in [0.2, 0.25) is 0 Å². The summed E-state index contributed by atoms with van der Waals surface area (Å²) < 4.78 is 13.8. The van der Waals surface area contributed by atoms with E-state index in [9.17, 15) is 4.39 Å². The van der Waals surface area contributed by atoms with E-state index in [-0.39, 0.29) is 11.9 Å². The predicted molar refractivity (Wildman–Crippen MR) is 85.0 cm³/mol. The number of benzene rings is 1. The summed E-state index contributed by atoms with van der Waals surface area (Å²) in [6.45, 7) is 10.5. The maximum absolute atomic E-state index is 13.8. The summed E-state index contributed by atoms with van der Waals surface area (Å²) in [5, 5.41) is 4.04. The van der Waals surface area contributed by atoms with E-state index in [1.54, 1.807) is 12.1 Å². The third-order valence-electron chi connectivity index (χ3n) is 3.66. The molecule has 0 radical (unpaired) electrons. The van der Waals surface area contributed by atoms with Gasteiger partial charge in [-0.1, -0.05) is 32.4 Å². The molecule has 2 nitrogen and oxygen atoms in total. The second-order valence-corrected chi connectivity index (χ2v) is 5.45. The molecule has 114 valence electrons. The van der Waals surface area contributed by atoms with Gasteiger partial charge < -0.3 is 10.2 Å². The highest BCUT2D eigenvalue weighted by Crippen LogP contribution is 2.17. The Kier molecular flexibility index (Phi) is 8.12. The molecule has 0 fully saturated rings. The van der Waals surface area contributed by atoms with Crippen molar-refractivity contribution < 1.29 is 4.39 Å². The Balaban J connectivity index is 2.64. The maximum Gasteiger partial charge on any atom is 0.126 e. The third-order valence-corrected chi connectivity index (χ3v) is 3.89. The lowest BCUT2D eigenvalue weighted by molar-refractivity contribution is 0.280. The number of likely N-dealkylation sites (N-methyl/N-ethyl adjacent to an activating group) is 1. The summed E-state index contributed by atoms with van der Waals surface area (Å²) in [4.78, 5) is 2.39. The predicted octanol–water partition coefficient (Wildman–Crippen LogP) is 3.73. The highest BCUT2D eigenvalue weighted by atomic mass is 35.5. The number of nitrogens with one attached hydrogen (secondary N) is 1. The van der Waals surface area contributed by atoms with E-state index in [0.717, 1.165) is 32.6 Å². The molecule has 1 aromatic carbocycles. The molecule has 1 aromatic rings. The Hall–Kier alpha value is -0.640. The van der Waals surface area contributed by atoms with Crippen LogP contribution in [0.25, 0.3) is 0 Å². The monoisotopic (exact) mass is 300 g/mol. The van der Waals surface area contributed by atoms with Crippen LogP contribution in [-0.4, -0.2) is 37.1 Å². The highest BCUT2D eigenvalue weighted by molar-refractivity contribution is 6.30. The van der Waals surface area contributed by atoms with E-state index in [1.807, 2.05) is 0 Å². The zero-order valence-corrected chi connectivity index (χ0v) is 13.5. The van der Waals surface area contributed by atoms with Crippen LogP contribution in [0.3, 0.4) is 0 Å². The van der Waals surface area contributed by atoms with Gasteiger partial charge in [0.1, 0.15) is 5.82 Å². The van der Waals surface area contributed by atoms with Crippen molar-refractivity contribution in [1.82, 2.24) is 10.2 Å². The molecule has 1 atom stereocenters. The molecule has 0 spiro atoms. The topological polar surface area (TPSA) is 15.3 Å². The smallest absolute Gasteiger partial charge is 0.126 e. The SMILES string of the molecule is CCNC(CCN(CC)CC)Cc1cc(Cl)ccc1F. The van der Waals surface area contributed by atoms with E-state index in [0.29, 0.717) is 17.0 Å². The molecule has 1 rings (SSSR count). The Labute approximate surface area is 127 Å². The second kappa shape index (κ2) is 9.32. The minimum absolute atomic E-state index is 0.167. The molecule has 0 aliphatic rings. The third kappa shape index (κ3) is 5.78. The maximum atomic E-state index is 13.8. The fourth-order valence-electron chi connectivity index (χ4n) is 2.41. The molecule has 0 saturated heterocycles. The Bertz CT molecular complexity index is 394. The van der Waals surface area contributed by atoms with Gasteiger partial charge in [-0.25, -0.2) is 4.39 Å². The summed E-state index contributed by atoms with van der Waals surface area (Å²) in [7, 11) is 0. The fraction of sp³-hybridized carbons (Fsp3) is 0.625. The van der Waals surface area contributed by atoms with Gasteiger partial charge in [-0.15, -0.1) is 0 Å². The van der Waals surface area contributed by atoms with Crippen molar-refractivity contribution in [3.05, 3.63) is 34.6 Å². The van der Waals surface area contributed by atoms with Crippen molar-refractivity contribution in [2.75, 3.05) is 26.2 Å². The standard InChI is InChI=1S/C16H26ClFN2/c1-4-19-15(9-10-20(5-2)6-3)12-13-11-14(17)7-8-16(13)18/h7-8,11,15,19H,4-6,9-10,12H2,1-3H3. The minimum atomic E-state index is -0.167. The van der Waals surface area contributed by atoms with Gasteiger partial charge in [-0.2, -0.15) is 0 Å². The Morgan fingerprint density at radius 3 is 2.55 bits per heavy atom. The summed E-state index contributed by atoms with van der Waals surface area (Å²) >= 11 is 5.95. The van der Waals surface area contributed by atoms with Crippen molar-refractivity contribution in [1.29, 1.82) is 0 Å². The van der Waals surface area contributed by atoms with Crippen molar-refractivity contribution in [2.24, 2.45) is 0 Å². The first-order valence-electron chi connectivity index (χ1n) is 7.50. The molecule has 0 aliphatic carbocycles. The van der Waals surface area contributed by atoms with Gasteiger partial charge in [-0.3, -0.25) is 0 Å². The van der Waals surface area contributed by atoms with Crippen molar-refractivity contribution in [2.45, 2.75) is 39.7 Å². The highest BCUT2D eigenvalue weighted by Gasteiger charge is 2.13. The quantitative estimate of drug-likeness (QED) is 0.747. The molecule has 0 aliphatic heterocycles. The Morgan fingerprint density at radius 2 is 1.95 bits per heavy atom. The van der Waals surface area contributed by atoms with Gasteiger partial charge in [0.25, 0.3) is 0 Å². The first-order chi connectivity index (χ1) is 9.60. The van der Waals surface area contributed by atoms with E-state index in [1.165, 1.54) is 6.07 Å². The van der Waals surface area contributed by atoms with E-state index in [4.69, 9.17) is 11.6 Å². The minimum Gasteiger partial charge on any atom is -0.314 e. The summed E-state index contributed by atoms with van der Waals surface area (Å²) in [6, 6.07) is 5.07. The van der Waals surface area contributed by atoms with Crippen molar-refractivity contribution in [3.8, 4) is 0 Å². The van der Waals surface area contributed by atoms with Crippen molar-refractivity contribution in [3.63, 3.8) is 0 Å². The van der Waals surface area contributed by atoms with Gasteiger partial charge in [-0.05, 0) is 62.8 Å². The van der Waals surface area contributed by atoms with Gasteiger partial charge in [0.05, 0.1) is 0 Å². The van der Waals surface area contributed by atoms with Crippen LogP contribution < -0.4 is 5.32 Å². The van der Waals surface area contributed by atoms with Crippen LogP contribution in [0.5, 0.6) is 0 Å². The van der Waals surface area contributed by atoms with Gasteiger partial charge in [0, 0.05) is 11.1 Å². The van der Waals surface area contributed by atoms with Crippen LogP contribution in [0, 0.1) is 5.82 Å². The number of hydrogen-bond acceptors (Lipinski definition) is 2. The van der Waals surface area contributed by atoms with Crippen molar-refractivity contribution >= 4 is 11.6 Å². The van der Waals surface area contributed by atoms with Gasteiger partial charge in [0.15, 0.2) is 0 Å². The van der Waals surface area contributed by atoms with E-state index < -0.39 is 0 Å². The molecule has 0 heterocycles. The molecule has 0 bridgehead atoms. The van der Waals surface area contributed by atoms with Gasteiger partial charge >= 0.3 is 0 Å². The molecule has 1 N–H and O–H groups in total. The molecule has 0 saturated carbocycles. The molecular weight excluding hydrogens is 275 g/mol. The summed E-state index contributed by atoms with van der Waals surface area (Å²) in [5.41, 5.74) is 0.697. The number of hydrogen-bond donors (Lipinski definition) is 1. The molecule has 1 unspecified atom stereocenters. The van der Waals surface area contributed by atoms with E-state index in [2.05, 4.69) is 31.0 Å². The molecular formula is C16H26ClFN2. The molecule has 4 heteroatoms. The van der Waals surface area contributed by atoms with Crippen LogP contribution in [0.1, 0.15) is 32.8 Å². The molecule has 20 heavy (non-hydrogen) atoms. The Morgan fingerprint density at radius 1 is 1.25 bits per heavy atom. The lowest BCUT2D eigenvalue weighted by Crippen LogP contribution is -2.36. The fourth-order valence-corrected chi connectivity index (χ4v) is 2.60. The first-order valence-corrected chi connectivity index (χ1v) is 7.88. The summed E-state index contributed by atoms with van der Waals surface area (Å²) in [5.74, 6) is -0.167. The van der Waals surface area contributed by atoms with Crippen LogP contribution in [-0.2, 0) is 6.42 Å². The second-order valence-electron chi connectivity index (χ2n) is 5.01. The lowest BCUT2D eigenvalue weighted by atomic mass is 10.0. The number of rotatable bonds is 9. The number of nitrogens with zero attached hydrogens (tertiary/aromatic N) is 1. The number of halogens is 2. The zero-order chi connectivity index (χ0) is 15.0. The normalized spacial score (nSPS) is 12.9.